The summed E-state index contributed by atoms with van der Waals surface area (Å²) in [6.45, 7) is 19.8. The van der Waals surface area contributed by atoms with Crippen molar-refractivity contribution >= 4 is 84.6 Å². The molecule has 0 amide bonds. The van der Waals surface area contributed by atoms with Crippen molar-refractivity contribution < 1.29 is 0 Å². The molecule has 0 radical (unpaired) electrons. The summed E-state index contributed by atoms with van der Waals surface area (Å²) in [6, 6.07) is 74.3. The number of thiophene rings is 2. The van der Waals surface area contributed by atoms with Gasteiger partial charge in [-0.05, 0) is 243 Å². The first-order valence-corrected chi connectivity index (χ1v) is 43.1. The van der Waals surface area contributed by atoms with Gasteiger partial charge in [0.25, 0.3) is 0 Å². The molecular formula is C102H110S2. The van der Waals surface area contributed by atoms with Crippen molar-refractivity contribution in [2.45, 2.75) is 257 Å². The predicted octanol–water partition coefficient (Wildman–Crippen LogP) is 32.2. The fourth-order valence-corrected chi connectivity index (χ4v) is 23.2. The van der Waals surface area contributed by atoms with Crippen LogP contribution in [0.1, 0.15) is 280 Å². The van der Waals surface area contributed by atoms with Crippen LogP contribution in [0.25, 0.3) is 129 Å². The van der Waals surface area contributed by atoms with Gasteiger partial charge in [0.1, 0.15) is 0 Å². The largest absolute Gasteiger partial charge is 0.135 e. The molecule has 4 aliphatic rings. The van der Waals surface area contributed by atoms with Crippen LogP contribution in [-0.4, -0.2) is 0 Å². The minimum atomic E-state index is -0.227. The van der Waals surface area contributed by atoms with Gasteiger partial charge in [0.15, 0.2) is 0 Å². The van der Waals surface area contributed by atoms with Crippen LogP contribution < -0.4 is 0 Å². The molecule has 0 spiro atoms. The number of rotatable bonds is 30. The number of hydrogen-bond acceptors (Lipinski definition) is 2. The predicted molar refractivity (Wildman–Crippen MR) is 458 cm³/mol. The minimum absolute atomic E-state index is 0.116. The van der Waals surface area contributed by atoms with Crippen LogP contribution in [0.2, 0.25) is 0 Å². The van der Waals surface area contributed by atoms with E-state index in [1.54, 1.807) is 44.5 Å². The monoisotopic (exact) mass is 1400 g/mol. The highest BCUT2D eigenvalue weighted by Crippen LogP contribution is 2.66. The molecule has 17 rings (SSSR count). The van der Waals surface area contributed by atoms with Crippen LogP contribution in [0, 0.1) is 0 Å². The Morgan fingerprint density at radius 3 is 0.837 bits per heavy atom. The van der Waals surface area contributed by atoms with Crippen molar-refractivity contribution in [1.29, 1.82) is 0 Å². The first-order valence-electron chi connectivity index (χ1n) is 41.5. The molecule has 0 aliphatic heterocycles. The van der Waals surface area contributed by atoms with E-state index in [0.717, 1.165) is 0 Å². The highest BCUT2D eigenvalue weighted by atomic mass is 32.1. The highest BCUT2D eigenvalue weighted by molar-refractivity contribution is 7.26. The van der Waals surface area contributed by atoms with E-state index >= 15 is 0 Å². The first kappa shape index (κ1) is 69.4. The van der Waals surface area contributed by atoms with Crippen molar-refractivity contribution in [3.8, 4) is 66.8 Å². The van der Waals surface area contributed by atoms with Gasteiger partial charge in [-0.1, -0.05) is 307 Å². The van der Waals surface area contributed by atoms with E-state index in [2.05, 4.69) is 237 Å². The van der Waals surface area contributed by atoms with Crippen LogP contribution in [-0.2, 0) is 21.7 Å². The third kappa shape index (κ3) is 11.6. The Morgan fingerprint density at radius 2 is 0.490 bits per heavy atom. The van der Waals surface area contributed by atoms with Crippen LogP contribution in [0.3, 0.4) is 0 Å². The van der Waals surface area contributed by atoms with Crippen molar-refractivity contribution in [3.63, 3.8) is 0 Å². The zero-order valence-electron chi connectivity index (χ0n) is 63.9. The van der Waals surface area contributed by atoms with Crippen molar-refractivity contribution in [2.24, 2.45) is 0 Å². The van der Waals surface area contributed by atoms with E-state index in [1.165, 1.54) is 308 Å². The summed E-state index contributed by atoms with van der Waals surface area (Å²) in [7, 11) is 0. The second-order valence-corrected chi connectivity index (χ2v) is 35.9. The van der Waals surface area contributed by atoms with E-state index in [9.17, 15) is 0 Å². The van der Waals surface area contributed by atoms with E-state index in [1.807, 2.05) is 22.7 Å². The normalized spacial score (nSPS) is 15.2. The minimum Gasteiger partial charge on any atom is -0.135 e. The van der Waals surface area contributed by atoms with E-state index < -0.39 is 0 Å². The fraction of sp³-hybridized carbons (Fsp3) is 0.392. The maximum atomic E-state index is 2.95. The summed E-state index contributed by atoms with van der Waals surface area (Å²) in [6.07, 6.45) is 36.2. The van der Waals surface area contributed by atoms with Crippen molar-refractivity contribution in [1.82, 2.24) is 0 Å². The summed E-state index contributed by atoms with van der Waals surface area (Å²) in [5, 5.41) is 11.0. The summed E-state index contributed by atoms with van der Waals surface area (Å²) in [4.78, 5) is 0. The number of benzene rings is 11. The lowest BCUT2D eigenvalue weighted by atomic mass is 9.68. The molecule has 0 saturated carbocycles. The summed E-state index contributed by atoms with van der Waals surface area (Å²) in [5.74, 6) is 0. The molecule has 0 N–H and O–H groups in total. The number of unbranched alkanes of at least 4 members (excludes halogenated alkanes) is 20. The Labute approximate surface area is 630 Å². The molecule has 2 heteroatoms. The third-order valence-electron chi connectivity index (χ3n) is 26.6. The van der Waals surface area contributed by atoms with Gasteiger partial charge in [-0.15, -0.1) is 22.7 Å². The van der Waals surface area contributed by atoms with Crippen LogP contribution in [0.5, 0.6) is 0 Å². The standard InChI is InChI=1S/C102H110S2/c1-9-13-17-21-25-37-53-101(54-38-26-22-18-14-10-2)87-63-80-78-62-86-84(98-74-46-32-30-42-70(74)76(60-92(98)100(86,7)8)68-50-52-96-82(58-68)72-44-34-36-48-94(72)104-96)66-90(78)102(55-39-27-23-19-15-11-3,56-40-28-24-20-16-12-4)88(80)64-79(87)77-61-85-83(65-89(77)101)97-73-45-31-29-41-69(73)75(59-91(97)99(85,5)6)67-49-51-95-81(57-67)71-43-33-35-47-93(71)103-95/h29-36,41-52,57-66H,9-28,37-40,53-56H2,1-8H3. The topological polar surface area (TPSA) is 0 Å². The Kier molecular flexibility index (Phi) is 19.1. The molecule has 0 atom stereocenters. The highest BCUT2D eigenvalue weighted by Gasteiger charge is 2.51. The molecule has 0 fully saturated rings. The SMILES string of the molecule is CCCCCCCCC1(CCCCCCCC)c2cc3c(cc2-c2cc4c(cc21)-c1cc2c(cc1C4(CCCCCCCC)CCCCCCCC)-c1c(cc(-c4ccc5sc6ccccc6c5c4)c4ccccc14)C2(C)C)C(C)(C)c1cc(-c2ccc4sc5ccccc5c4c2)c2ccccc2c1-3. The van der Waals surface area contributed by atoms with Gasteiger partial charge in [-0.3, -0.25) is 0 Å². The summed E-state index contributed by atoms with van der Waals surface area (Å²) < 4.78 is 5.46. The van der Waals surface area contributed by atoms with Gasteiger partial charge in [0.05, 0.1) is 0 Å². The van der Waals surface area contributed by atoms with Gasteiger partial charge in [-0.2, -0.15) is 0 Å². The Balaban J connectivity index is 0.874. The van der Waals surface area contributed by atoms with Crippen LogP contribution >= 0.6 is 22.7 Å². The molecule has 13 aromatic rings. The molecule has 11 aromatic carbocycles. The lowest BCUT2D eigenvalue weighted by Crippen LogP contribution is -2.27. The molecule has 530 valence electrons. The van der Waals surface area contributed by atoms with Gasteiger partial charge in [0, 0.05) is 62.0 Å². The molecular weight excluding hydrogens is 1290 g/mol. The maximum absolute atomic E-state index is 2.95. The zero-order chi connectivity index (χ0) is 70.9. The van der Waals surface area contributed by atoms with Crippen LogP contribution in [0.15, 0.2) is 182 Å². The van der Waals surface area contributed by atoms with Gasteiger partial charge in [-0.25, -0.2) is 0 Å². The molecule has 0 unspecified atom stereocenters. The van der Waals surface area contributed by atoms with E-state index in [-0.39, 0.29) is 21.7 Å². The smallest absolute Gasteiger partial charge is 0.0355 e. The third-order valence-corrected chi connectivity index (χ3v) is 28.9. The Hall–Kier alpha value is -7.62. The van der Waals surface area contributed by atoms with E-state index in [0.29, 0.717) is 0 Å². The molecule has 104 heavy (non-hydrogen) atoms. The lowest BCUT2D eigenvalue weighted by Gasteiger charge is -2.35. The number of hydrogen-bond donors (Lipinski definition) is 0. The zero-order valence-corrected chi connectivity index (χ0v) is 65.6. The second kappa shape index (κ2) is 28.6. The summed E-state index contributed by atoms with van der Waals surface area (Å²) >= 11 is 3.84. The Bertz CT molecular complexity index is 5050. The second-order valence-electron chi connectivity index (χ2n) is 33.7. The molecule has 2 aromatic heterocycles. The van der Waals surface area contributed by atoms with Crippen molar-refractivity contribution in [2.75, 3.05) is 0 Å². The van der Waals surface area contributed by atoms with E-state index in [4.69, 9.17) is 0 Å². The first-order chi connectivity index (χ1) is 50.9. The van der Waals surface area contributed by atoms with Gasteiger partial charge >= 0.3 is 0 Å². The molecule has 2 heterocycles. The molecule has 0 saturated heterocycles. The average molecular weight is 1400 g/mol. The molecule has 0 nitrogen and oxygen atoms in total. The van der Waals surface area contributed by atoms with Crippen molar-refractivity contribution in [3.05, 3.63) is 226 Å². The quantitative estimate of drug-likeness (QED) is 0.0394. The Morgan fingerprint density at radius 1 is 0.221 bits per heavy atom. The van der Waals surface area contributed by atoms with Crippen LogP contribution in [0.4, 0.5) is 0 Å². The molecule has 0 bridgehead atoms. The maximum Gasteiger partial charge on any atom is 0.0355 e. The number of fused-ring (bicyclic) bond motifs is 22. The van der Waals surface area contributed by atoms with Gasteiger partial charge < -0.3 is 0 Å². The molecule has 4 aliphatic carbocycles. The lowest BCUT2D eigenvalue weighted by molar-refractivity contribution is 0.394. The van der Waals surface area contributed by atoms with Gasteiger partial charge in [0.2, 0.25) is 0 Å². The average Bonchev–Trinajstić information content (AvgIpc) is 1.51. The fourth-order valence-electron chi connectivity index (χ4n) is 21.0. The summed E-state index contributed by atoms with van der Waals surface area (Å²) in [5.41, 5.74) is 29.4.